The van der Waals surface area contributed by atoms with Crippen molar-refractivity contribution in [2.24, 2.45) is 0 Å². The Hall–Kier alpha value is -3.33. The van der Waals surface area contributed by atoms with Crippen LogP contribution >= 0.6 is 15.9 Å². The van der Waals surface area contributed by atoms with Gasteiger partial charge in [-0.25, -0.2) is 4.98 Å². The molecule has 8 nitrogen and oxygen atoms in total. The summed E-state index contributed by atoms with van der Waals surface area (Å²) in [5, 5.41) is 3.26. The van der Waals surface area contributed by atoms with Crippen molar-refractivity contribution >= 4 is 44.5 Å². The zero-order chi connectivity index (χ0) is 19.1. The summed E-state index contributed by atoms with van der Waals surface area (Å²) in [5.74, 6) is 2.20. The molecular weight excluding hydrogens is 424 g/mol. The van der Waals surface area contributed by atoms with Gasteiger partial charge in [0.05, 0.1) is 12.9 Å². The van der Waals surface area contributed by atoms with Crippen LogP contribution in [0.5, 0.6) is 11.5 Å². The van der Waals surface area contributed by atoms with Crippen molar-refractivity contribution in [3.8, 4) is 11.5 Å². The van der Waals surface area contributed by atoms with Gasteiger partial charge in [0.15, 0.2) is 28.5 Å². The van der Waals surface area contributed by atoms with Crippen LogP contribution in [0.15, 0.2) is 53.3 Å². The number of halogens is 1. The van der Waals surface area contributed by atoms with E-state index >= 15 is 0 Å². The summed E-state index contributed by atoms with van der Waals surface area (Å²) in [6.07, 6.45) is 1.73. The van der Waals surface area contributed by atoms with Crippen LogP contribution in [0.25, 0.3) is 11.2 Å². The van der Waals surface area contributed by atoms with E-state index in [0.29, 0.717) is 23.5 Å². The van der Waals surface area contributed by atoms with Gasteiger partial charge in [0.1, 0.15) is 0 Å². The van der Waals surface area contributed by atoms with Gasteiger partial charge in [0.2, 0.25) is 12.7 Å². The number of nitrogens with one attached hydrogen (secondary N) is 1. The van der Waals surface area contributed by atoms with Crippen molar-refractivity contribution in [2.75, 3.05) is 17.8 Å². The second-order valence-electron chi connectivity index (χ2n) is 6.26. The lowest BCUT2D eigenvalue weighted by molar-refractivity contribution is 0.174. The smallest absolute Gasteiger partial charge is 0.231 e. The van der Waals surface area contributed by atoms with Crippen molar-refractivity contribution in [3.63, 3.8) is 0 Å². The third-order valence-corrected chi connectivity index (χ3v) is 5.14. The lowest BCUT2D eigenvalue weighted by Gasteiger charge is -2.10. The first-order chi connectivity index (χ1) is 13.7. The number of imidazole rings is 1. The van der Waals surface area contributed by atoms with Crippen LogP contribution in [0.3, 0.4) is 0 Å². The zero-order valence-corrected chi connectivity index (χ0v) is 16.2. The van der Waals surface area contributed by atoms with Crippen LogP contribution in [0.1, 0.15) is 5.56 Å². The maximum atomic E-state index is 5.95. The fourth-order valence-corrected chi connectivity index (χ4v) is 3.53. The highest BCUT2D eigenvalue weighted by Gasteiger charge is 2.18. The minimum Gasteiger partial charge on any atom is -0.454 e. The van der Waals surface area contributed by atoms with Gasteiger partial charge in [0, 0.05) is 10.2 Å². The van der Waals surface area contributed by atoms with E-state index in [2.05, 4.69) is 36.2 Å². The highest BCUT2D eigenvalue weighted by Crippen LogP contribution is 2.37. The lowest BCUT2D eigenvalue weighted by atomic mass is 10.2. The number of ether oxygens (including phenoxy) is 2. The summed E-state index contributed by atoms with van der Waals surface area (Å²) in [6.45, 7) is 0.770. The molecule has 0 saturated heterocycles. The topological polar surface area (TPSA) is 100 Å². The van der Waals surface area contributed by atoms with E-state index in [1.165, 1.54) is 0 Å². The van der Waals surface area contributed by atoms with E-state index < -0.39 is 0 Å². The molecule has 2 aromatic carbocycles. The maximum Gasteiger partial charge on any atom is 0.231 e. The van der Waals surface area contributed by atoms with Gasteiger partial charge >= 0.3 is 0 Å². The Labute approximate surface area is 168 Å². The standard InChI is InChI=1S/C19H15BrN6O2/c20-13-7-15-14(27-10-28-15)6-11(13)8-26-9-22-16-17(24-19(21)25-18(16)26)23-12-4-2-1-3-5-12/h1-7,9H,8,10H2,(H3,21,23,24,25). The number of anilines is 3. The SMILES string of the molecule is Nc1nc(Nc2ccccc2)c2ncn(Cc3cc4c(cc3Br)OCO4)c2n1. The van der Waals surface area contributed by atoms with Crippen LogP contribution in [-0.2, 0) is 6.54 Å². The summed E-state index contributed by atoms with van der Waals surface area (Å²) >= 11 is 3.59. The monoisotopic (exact) mass is 438 g/mol. The Morgan fingerprint density at radius 2 is 1.89 bits per heavy atom. The quantitative estimate of drug-likeness (QED) is 0.500. The van der Waals surface area contributed by atoms with E-state index in [1.807, 2.05) is 47.0 Å². The molecule has 1 aliphatic rings. The first-order valence-electron chi connectivity index (χ1n) is 8.56. The molecule has 0 unspecified atom stereocenters. The number of nitrogen functional groups attached to an aromatic ring is 1. The van der Waals surface area contributed by atoms with Gasteiger partial charge in [-0.2, -0.15) is 9.97 Å². The molecule has 0 saturated carbocycles. The highest BCUT2D eigenvalue weighted by atomic mass is 79.9. The number of nitrogens with two attached hydrogens (primary N) is 1. The fraction of sp³-hybridized carbons (Fsp3) is 0.105. The third-order valence-electron chi connectivity index (χ3n) is 4.40. The minimum absolute atomic E-state index is 0.178. The first kappa shape index (κ1) is 16.8. The van der Waals surface area contributed by atoms with Crippen molar-refractivity contribution < 1.29 is 9.47 Å². The molecule has 3 heterocycles. The highest BCUT2D eigenvalue weighted by molar-refractivity contribution is 9.10. The zero-order valence-electron chi connectivity index (χ0n) is 14.6. The number of fused-ring (bicyclic) bond motifs is 2. The summed E-state index contributed by atoms with van der Waals surface area (Å²) in [7, 11) is 0. The molecule has 0 atom stereocenters. The largest absolute Gasteiger partial charge is 0.454 e. The Morgan fingerprint density at radius 3 is 2.71 bits per heavy atom. The van der Waals surface area contributed by atoms with Gasteiger partial charge in [-0.3, -0.25) is 0 Å². The summed E-state index contributed by atoms with van der Waals surface area (Å²) in [5.41, 5.74) is 9.16. The average Bonchev–Trinajstić information content (AvgIpc) is 3.30. The van der Waals surface area contributed by atoms with Crippen LogP contribution in [0.2, 0.25) is 0 Å². The Kier molecular flexibility index (Phi) is 4.01. The Balaban J connectivity index is 1.53. The fourth-order valence-electron chi connectivity index (χ4n) is 3.09. The number of rotatable bonds is 4. The average molecular weight is 439 g/mol. The van der Waals surface area contributed by atoms with E-state index in [4.69, 9.17) is 15.2 Å². The molecule has 0 aliphatic carbocycles. The molecule has 0 fully saturated rings. The number of para-hydroxylation sites is 1. The molecule has 3 N–H and O–H groups in total. The molecule has 9 heteroatoms. The molecule has 0 amide bonds. The Bertz CT molecular complexity index is 1180. The third kappa shape index (κ3) is 2.99. The molecule has 0 radical (unpaired) electrons. The predicted octanol–water partition coefficient (Wildman–Crippen LogP) is 3.69. The van der Waals surface area contributed by atoms with Crippen LogP contribution < -0.4 is 20.5 Å². The van der Waals surface area contributed by atoms with Crippen molar-refractivity contribution in [1.82, 2.24) is 19.5 Å². The van der Waals surface area contributed by atoms with Crippen molar-refractivity contribution in [1.29, 1.82) is 0 Å². The normalized spacial score (nSPS) is 12.5. The first-order valence-corrected chi connectivity index (χ1v) is 9.35. The molecule has 28 heavy (non-hydrogen) atoms. The van der Waals surface area contributed by atoms with Crippen LogP contribution in [0, 0.1) is 0 Å². The molecule has 2 aromatic heterocycles. The summed E-state index contributed by atoms with van der Waals surface area (Å²) in [6, 6.07) is 13.6. The Morgan fingerprint density at radius 1 is 1.11 bits per heavy atom. The van der Waals surface area contributed by atoms with Crippen LogP contribution in [-0.4, -0.2) is 26.3 Å². The van der Waals surface area contributed by atoms with Crippen LogP contribution in [0.4, 0.5) is 17.5 Å². The van der Waals surface area contributed by atoms with Gasteiger partial charge in [0.25, 0.3) is 0 Å². The van der Waals surface area contributed by atoms with Crippen molar-refractivity contribution in [2.45, 2.75) is 6.54 Å². The van der Waals surface area contributed by atoms with Gasteiger partial charge in [-0.1, -0.05) is 34.1 Å². The lowest BCUT2D eigenvalue weighted by Crippen LogP contribution is -2.05. The van der Waals surface area contributed by atoms with E-state index in [9.17, 15) is 0 Å². The predicted molar refractivity (Wildman–Crippen MR) is 109 cm³/mol. The molecule has 140 valence electrons. The number of hydrogen-bond acceptors (Lipinski definition) is 7. The molecule has 0 spiro atoms. The maximum absolute atomic E-state index is 5.95. The van der Waals surface area contributed by atoms with E-state index in [-0.39, 0.29) is 12.7 Å². The molecular formula is C19H15BrN6O2. The molecule has 4 aromatic rings. The number of aromatic nitrogens is 4. The van der Waals surface area contributed by atoms with Gasteiger partial charge in [-0.15, -0.1) is 0 Å². The minimum atomic E-state index is 0.178. The molecule has 1 aliphatic heterocycles. The van der Waals surface area contributed by atoms with Gasteiger partial charge in [-0.05, 0) is 29.8 Å². The number of hydrogen-bond donors (Lipinski definition) is 2. The second-order valence-corrected chi connectivity index (χ2v) is 7.12. The number of nitrogens with zero attached hydrogens (tertiary/aromatic N) is 4. The number of benzene rings is 2. The second kappa shape index (κ2) is 6.68. The van der Waals surface area contributed by atoms with E-state index in [0.717, 1.165) is 27.2 Å². The summed E-state index contributed by atoms with van der Waals surface area (Å²) in [4.78, 5) is 13.2. The van der Waals surface area contributed by atoms with E-state index in [1.54, 1.807) is 6.33 Å². The summed E-state index contributed by atoms with van der Waals surface area (Å²) < 4.78 is 13.7. The molecule has 0 bridgehead atoms. The molecule has 5 rings (SSSR count). The van der Waals surface area contributed by atoms with Crippen molar-refractivity contribution in [3.05, 3.63) is 58.8 Å². The van der Waals surface area contributed by atoms with Gasteiger partial charge < -0.3 is 25.1 Å².